The van der Waals surface area contributed by atoms with E-state index in [1.165, 1.54) is 0 Å². The first-order valence-corrected chi connectivity index (χ1v) is 6.47. The van der Waals surface area contributed by atoms with Gasteiger partial charge in [0.25, 0.3) is 5.56 Å². The van der Waals surface area contributed by atoms with Gasteiger partial charge in [-0.05, 0) is 7.05 Å². The Kier molecular flexibility index (Phi) is 3.15. The van der Waals surface area contributed by atoms with Gasteiger partial charge >= 0.3 is 0 Å². The number of nitrogens with zero attached hydrogens (tertiary/aromatic N) is 3. The number of nitrogens with one attached hydrogen (secondary N) is 2. The van der Waals surface area contributed by atoms with Crippen molar-refractivity contribution in [2.24, 2.45) is 0 Å². The van der Waals surface area contributed by atoms with Gasteiger partial charge in [0, 0.05) is 45.3 Å². The van der Waals surface area contributed by atoms with Crippen LogP contribution in [0.4, 0.5) is 0 Å². The van der Waals surface area contributed by atoms with E-state index in [1.807, 2.05) is 7.05 Å². The zero-order chi connectivity index (χ0) is 12.5. The lowest BCUT2D eigenvalue weighted by Crippen LogP contribution is -2.57. The Bertz CT molecular complexity index is 478. The molecule has 6 nitrogen and oxygen atoms in total. The number of aromatic amines is 1. The predicted octanol–water partition coefficient (Wildman–Crippen LogP) is -0.838. The molecule has 0 saturated carbocycles. The Labute approximate surface area is 106 Å². The molecule has 0 radical (unpaired) electrons. The molecule has 1 atom stereocenters. The third kappa shape index (κ3) is 2.19. The monoisotopic (exact) mass is 249 g/mol. The first kappa shape index (κ1) is 11.8. The molecule has 18 heavy (non-hydrogen) atoms. The first-order valence-electron chi connectivity index (χ1n) is 6.47. The smallest absolute Gasteiger partial charge is 0.251 e. The van der Waals surface area contributed by atoms with Gasteiger partial charge in [0.05, 0.1) is 11.7 Å². The lowest BCUT2D eigenvalue weighted by atomic mass is 10.1. The molecule has 0 aliphatic carbocycles. The number of aromatic nitrogens is 2. The second-order valence-corrected chi connectivity index (χ2v) is 5.00. The molecule has 98 valence electrons. The summed E-state index contributed by atoms with van der Waals surface area (Å²) < 4.78 is 0. The molecule has 6 heteroatoms. The van der Waals surface area contributed by atoms with Gasteiger partial charge in [-0.25, -0.2) is 4.98 Å². The van der Waals surface area contributed by atoms with Crippen molar-refractivity contribution < 1.29 is 0 Å². The van der Waals surface area contributed by atoms with Crippen LogP contribution in [0.5, 0.6) is 0 Å². The van der Waals surface area contributed by atoms with E-state index in [4.69, 9.17) is 0 Å². The van der Waals surface area contributed by atoms with Crippen LogP contribution >= 0.6 is 0 Å². The lowest BCUT2D eigenvalue weighted by Gasteiger charge is -2.46. The number of hydrogen-bond donors (Lipinski definition) is 2. The molecule has 3 fully saturated rings. The Morgan fingerprint density at radius 2 is 2.22 bits per heavy atom. The van der Waals surface area contributed by atoms with Gasteiger partial charge < -0.3 is 10.3 Å². The summed E-state index contributed by atoms with van der Waals surface area (Å²) in [7, 11) is 1.86. The molecule has 1 aromatic heterocycles. The average Bonchev–Trinajstić information content (AvgIpc) is 2.40. The van der Waals surface area contributed by atoms with Crippen LogP contribution in [0.2, 0.25) is 0 Å². The van der Waals surface area contributed by atoms with Crippen molar-refractivity contribution >= 4 is 0 Å². The Morgan fingerprint density at radius 1 is 1.44 bits per heavy atom. The van der Waals surface area contributed by atoms with E-state index in [0.29, 0.717) is 6.54 Å². The molecule has 4 rings (SSSR count). The van der Waals surface area contributed by atoms with E-state index in [1.54, 1.807) is 6.07 Å². The summed E-state index contributed by atoms with van der Waals surface area (Å²) in [6.45, 7) is 6.03. The number of fused-ring (bicyclic) bond motifs is 3. The van der Waals surface area contributed by atoms with Crippen LogP contribution in [0.3, 0.4) is 0 Å². The highest BCUT2D eigenvalue weighted by Crippen LogP contribution is 2.25. The lowest BCUT2D eigenvalue weighted by molar-refractivity contribution is 0.00845. The van der Waals surface area contributed by atoms with Crippen molar-refractivity contribution in [3.8, 4) is 0 Å². The second-order valence-electron chi connectivity index (χ2n) is 5.00. The fourth-order valence-electron chi connectivity index (χ4n) is 2.84. The molecule has 3 saturated heterocycles. The topological polar surface area (TPSA) is 64.3 Å². The summed E-state index contributed by atoms with van der Waals surface area (Å²) in [5, 5.41) is 3.04. The summed E-state index contributed by atoms with van der Waals surface area (Å²) in [5.41, 5.74) is 0.761. The van der Waals surface area contributed by atoms with E-state index < -0.39 is 0 Å². The van der Waals surface area contributed by atoms with Crippen LogP contribution in [0.15, 0.2) is 10.9 Å². The summed E-state index contributed by atoms with van der Waals surface area (Å²) >= 11 is 0. The van der Waals surface area contributed by atoms with Gasteiger partial charge in [0.1, 0.15) is 5.82 Å². The molecule has 4 heterocycles. The Balaban J connectivity index is 1.89. The molecule has 1 aromatic rings. The van der Waals surface area contributed by atoms with Gasteiger partial charge in [-0.3, -0.25) is 14.6 Å². The van der Waals surface area contributed by atoms with Gasteiger partial charge in [-0.15, -0.1) is 0 Å². The minimum absolute atomic E-state index is 0.0529. The van der Waals surface area contributed by atoms with Crippen LogP contribution in [0.25, 0.3) is 0 Å². The van der Waals surface area contributed by atoms with E-state index >= 15 is 0 Å². The third-order valence-electron chi connectivity index (χ3n) is 3.77. The van der Waals surface area contributed by atoms with Crippen molar-refractivity contribution in [1.82, 2.24) is 25.1 Å². The number of rotatable bonds is 3. The van der Waals surface area contributed by atoms with E-state index in [-0.39, 0.29) is 11.6 Å². The largest absolute Gasteiger partial charge is 0.314 e. The average molecular weight is 249 g/mol. The number of hydrogen-bond acceptors (Lipinski definition) is 5. The van der Waals surface area contributed by atoms with Crippen LogP contribution in [-0.4, -0.2) is 59.5 Å². The van der Waals surface area contributed by atoms with Crippen molar-refractivity contribution in [2.75, 3.05) is 39.8 Å². The number of H-pyrrole nitrogens is 1. The normalized spacial score (nSPS) is 30.6. The highest BCUT2D eigenvalue weighted by molar-refractivity contribution is 5.08. The second kappa shape index (κ2) is 4.79. The van der Waals surface area contributed by atoms with Crippen LogP contribution in [-0.2, 0) is 6.54 Å². The SMILES string of the molecule is CNCc1cc(=O)[nH]c(C2CN3CCN2CC3)n1. The first-order chi connectivity index (χ1) is 8.76. The Morgan fingerprint density at radius 3 is 2.83 bits per heavy atom. The number of piperazine rings is 3. The summed E-state index contributed by atoms with van der Waals surface area (Å²) in [5.74, 6) is 0.817. The van der Waals surface area contributed by atoms with E-state index in [2.05, 4.69) is 25.1 Å². The molecule has 0 amide bonds. The van der Waals surface area contributed by atoms with Crippen molar-refractivity contribution in [3.63, 3.8) is 0 Å². The van der Waals surface area contributed by atoms with Crippen LogP contribution in [0.1, 0.15) is 17.6 Å². The van der Waals surface area contributed by atoms with E-state index in [9.17, 15) is 4.79 Å². The van der Waals surface area contributed by atoms with Crippen LogP contribution < -0.4 is 10.9 Å². The molecular formula is C12H19N5O. The van der Waals surface area contributed by atoms with Gasteiger partial charge in [-0.2, -0.15) is 0 Å². The zero-order valence-electron chi connectivity index (χ0n) is 10.6. The predicted molar refractivity (Wildman–Crippen MR) is 68.4 cm³/mol. The standard InChI is InChI=1S/C12H19N5O/c1-13-7-9-6-11(18)15-12(14-9)10-8-16-2-4-17(10)5-3-16/h6,10,13H,2-5,7-8H2,1H3,(H,14,15,18). The van der Waals surface area contributed by atoms with Crippen molar-refractivity contribution in [2.45, 2.75) is 12.6 Å². The van der Waals surface area contributed by atoms with Crippen molar-refractivity contribution in [3.05, 3.63) is 27.9 Å². The molecule has 1 unspecified atom stereocenters. The Hall–Kier alpha value is -1.24. The maximum absolute atomic E-state index is 11.7. The molecule has 3 aliphatic rings. The molecule has 2 bridgehead atoms. The summed E-state index contributed by atoms with van der Waals surface area (Å²) in [6.07, 6.45) is 0. The van der Waals surface area contributed by atoms with Crippen molar-refractivity contribution in [1.29, 1.82) is 0 Å². The minimum Gasteiger partial charge on any atom is -0.314 e. The maximum Gasteiger partial charge on any atom is 0.251 e. The minimum atomic E-state index is -0.0529. The molecule has 0 spiro atoms. The van der Waals surface area contributed by atoms with Gasteiger partial charge in [0.15, 0.2) is 0 Å². The summed E-state index contributed by atoms with van der Waals surface area (Å²) in [6, 6.07) is 1.81. The molecular weight excluding hydrogens is 230 g/mol. The highest BCUT2D eigenvalue weighted by Gasteiger charge is 2.34. The summed E-state index contributed by atoms with van der Waals surface area (Å²) in [4.78, 5) is 24.0. The molecule has 3 aliphatic heterocycles. The molecule has 0 aromatic carbocycles. The zero-order valence-corrected chi connectivity index (χ0v) is 10.6. The van der Waals surface area contributed by atoms with E-state index in [0.717, 1.165) is 44.2 Å². The van der Waals surface area contributed by atoms with Crippen LogP contribution in [0, 0.1) is 0 Å². The third-order valence-corrected chi connectivity index (χ3v) is 3.77. The quantitative estimate of drug-likeness (QED) is 0.731. The maximum atomic E-state index is 11.7. The van der Waals surface area contributed by atoms with Gasteiger partial charge in [-0.1, -0.05) is 0 Å². The highest BCUT2D eigenvalue weighted by atomic mass is 16.1. The fraction of sp³-hybridized carbons (Fsp3) is 0.667. The van der Waals surface area contributed by atoms with Gasteiger partial charge in [0.2, 0.25) is 0 Å². The molecule has 2 N–H and O–H groups in total. The fourth-order valence-corrected chi connectivity index (χ4v) is 2.84.